The number of pyridine rings is 1. The van der Waals surface area contributed by atoms with Crippen molar-refractivity contribution in [1.82, 2.24) is 35.2 Å². The average Bonchev–Trinajstić information content (AvgIpc) is 3.73. The van der Waals surface area contributed by atoms with Crippen LogP contribution in [-0.4, -0.2) is 40.9 Å². The quantitative estimate of drug-likeness (QED) is 0.289. The molecule has 2 aliphatic rings. The number of imidazole rings is 1. The van der Waals surface area contributed by atoms with Crippen LogP contribution in [0.5, 0.6) is 0 Å². The predicted molar refractivity (Wildman–Crippen MR) is 154 cm³/mol. The molecule has 0 spiro atoms. The molecule has 7 rings (SSSR count). The maximum absolute atomic E-state index is 12.6. The van der Waals surface area contributed by atoms with Crippen molar-refractivity contribution in [3.8, 4) is 22.5 Å². The number of fused-ring (bicyclic) bond motifs is 2. The van der Waals surface area contributed by atoms with Gasteiger partial charge >= 0.3 is 0 Å². The number of carbonyl (C=O) groups is 1. The SMILES string of the molecule is CCc1nc2c(C)cc(CC3CCCCC3=O)nc2n1[C@H]1CCc2cc(-c3ccccc3-c3nnn[nH]3)ccc21. The van der Waals surface area contributed by atoms with Crippen molar-refractivity contribution < 1.29 is 4.79 Å². The number of nitrogens with one attached hydrogen (secondary N) is 1. The Morgan fingerprint density at radius 1 is 1.00 bits per heavy atom. The van der Waals surface area contributed by atoms with Crippen molar-refractivity contribution in [2.24, 2.45) is 5.92 Å². The Kier molecular flexibility index (Phi) is 6.25. The second-order valence-corrected chi connectivity index (χ2v) is 11.2. The van der Waals surface area contributed by atoms with Crippen molar-refractivity contribution in [3.63, 3.8) is 0 Å². The molecular weight excluding hydrogens is 498 g/mol. The minimum absolute atomic E-state index is 0.0985. The van der Waals surface area contributed by atoms with Gasteiger partial charge in [-0.25, -0.2) is 15.1 Å². The fraction of sp³-hybridized carbons (Fsp3) is 0.375. The number of H-pyrrole nitrogens is 1. The highest BCUT2D eigenvalue weighted by Gasteiger charge is 2.30. The molecule has 3 aromatic heterocycles. The summed E-state index contributed by atoms with van der Waals surface area (Å²) < 4.78 is 2.38. The second kappa shape index (κ2) is 10.1. The first kappa shape index (κ1) is 24.8. The largest absolute Gasteiger partial charge is 0.305 e. The summed E-state index contributed by atoms with van der Waals surface area (Å²) in [6, 6.07) is 17.4. The van der Waals surface area contributed by atoms with Gasteiger partial charge in [0, 0.05) is 30.0 Å². The average molecular weight is 532 g/mol. The first-order valence-electron chi connectivity index (χ1n) is 14.5. The van der Waals surface area contributed by atoms with E-state index >= 15 is 0 Å². The number of benzene rings is 2. The highest BCUT2D eigenvalue weighted by atomic mass is 16.1. The van der Waals surface area contributed by atoms with Crippen LogP contribution in [0.1, 0.15) is 73.3 Å². The van der Waals surface area contributed by atoms with Crippen LogP contribution >= 0.6 is 0 Å². The van der Waals surface area contributed by atoms with E-state index in [4.69, 9.17) is 9.97 Å². The van der Waals surface area contributed by atoms with Crippen LogP contribution in [0.4, 0.5) is 0 Å². The third-order valence-electron chi connectivity index (χ3n) is 8.76. The number of carbonyl (C=O) groups excluding carboxylic acids is 1. The zero-order valence-electron chi connectivity index (χ0n) is 23.0. The molecule has 0 aliphatic heterocycles. The first-order valence-corrected chi connectivity index (χ1v) is 14.5. The van der Waals surface area contributed by atoms with E-state index in [1.54, 1.807) is 0 Å². The third-order valence-corrected chi connectivity index (χ3v) is 8.76. The smallest absolute Gasteiger partial charge is 0.180 e. The number of hydrogen-bond donors (Lipinski definition) is 1. The number of rotatable bonds is 6. The van der Waals surface area contributed by atoms with Crippen LogP contribution in [0.15, 0.2) is 48.5 Å². The molecule has 5 aromatic rings. The molecule has 0 bridgehead atoms. The fourth-order valence-electron chi connectivity index (χ4n) is 6.78. The van der Waals surface area contributed by atoms with Crippen molar-refractivity contribution in [1.29, 1.82) is 0 Å². The fourth-order valence-corrected chi connectivity index (χ4v) is 6.78. The number of hydrogen-bond acceptors (Lipinski definition) is 6. The Morgan fingerprint density at radius 2 is 1.88 bits per heavy atom. The molecule has 2 aromatic carbocycles. The van der Waals surface area contributed by atoms with Crippen molar-refractivity contribution in [2.45, 2.75) is 71.3 Å². The summed E-state index contributed by atoms with van der Waals surface area (Å²) in [7, 11) is 0. The summed E-state index contributed by atoms with van der Waals surface area (Å²) in [6.07, 6.45) is 7.43. The lowest BCUT2D eigenvalue weighted by Gasteiger charge is -2.21. The molecule has 1 saturated carbocycles. The molecular formula is C32H33N7O. The van der Waals surface area contributed by atoms with Crippen LogP contribution < -0.4 is 0 Å². The van der Waals surface area contributed by atoms with Gasteiger partial charge in [-0.3, -0.25) is 4.79 Å². The molecule has 1 N–H and O–H groups in total. The number of aromatic amines is 1. The molecule has 0 saturated heterocycles. The van der Waals surface area contributed by atoms with E-state index in [2.05, 4.69) is 75.4 Å². The van der Waals surface area contributed by atoms with Gasteiger partial charge in [0.25, 0.3) is 0 Å². The number of Topliss-reactive ketones (excluding diaryl/α,β-unsaturated/α-hetero) is 1. The molecule has 2 aliphatic carbocycles. The van der Waals surface area contributed by atoms with Crippen LogP contribution in [0, 0.1) is 12.8 Å². The van der Waals surface area contributed by atoms with Gasteiger partial charge in [-0.15, -0.1) is 5.10 Å². The molecule has 1 unspecified atom stereocenters. The van der Waals surface area contributed by atoms with Crippen molar-refractivity contribution in [3.05, 3.63) is 76.7 Å². The molecule has 202 valence electrons. The number of ketones is 1. The highest BCUT2D eigenvalue weighted by Crippen LogP contribution is 2.40. The summed E-state index contributed by atoms with van der Waals surface area (Å²) in [5.74, 6) is 2.23. The zero-order valence-corrected chi connectivity index (χ0v) is 23.0. The molecule has 40 heavy (non-hydrogen) atoms. The normalized spacial score (nSPS) is 18.9. The van der Waals surface area contributed by atoms with Crippen LogP contribution in [0.3, 0.4) is 0 Å². The van der Waals surface area contributed by atoms with Gasteiger partial charge in [0.05, 0.1) is 6.04 Å². The Morgan fingerprint density at radius 3 is 2.67 bits per heavy atom. The van der Waals surface area contributed by atoms with E-state index in [1.165, 1.54) is 11.1 Å². The van der Waals surface area contributed by atoms with Gasteiger partial charge in [0.1, 0.15) is 17.1 Å². The first-order chi connectivity index (χ1) is 19.6. The van der Waals surface area contributed by atoms with Gasteiger partial charge < -0.3 is 4.57 Å². The third kappa shape index (κ3) is 4.22. The predicted octanol–water partition coefficient (Wildman–Crippen LogP) is 5.99. The summed E-state index contributed by atoms with van der Waals surface area (Å²) in [6.45, 7) is 4.30. The van der Waals surface area contributed by atoms with Crippen molar-refractivity contribution >= 4 is 16.9 Å². The Bertz CT molecular complexity index is 1720. The monoisotopic (exact) mass is 531 g/mol. The van der Waals surface area contributed by atoms with Gasteiger partial charge in [0.15, 0.2) is 11.5 Å². The molecule has 8 heteroatoms. The Hall–Kier alpha value is -4.20. The number of nitrogens with zero attached hydrogens (tertiary/aromatic N) is 6. The molecule has 2 atom stereocenters. The molecule has 0 amide bonds. The maximum Gasteiger partial charge on any atom is 0.180 e. The number of tetrazole rings is 1. The van der Waals surface area contributed by atoms with Crippen LogP contribution in [0.2, 0.25) is 0 Å². The van der Waals surface area contributed by atoms with Gasteiger partial charge in [-0.2, -0.15) is 0 Å². The standard InChI is InChI=1S/C32H33N7O/c1-3-29-34-30-19(2)16-23(18-22-8-4-7-11-28(22)40)33-32(30)39(29)27-15-13-21-17-20(12-14-25(21)27)24-9-5-6-10-26(24)31-35-37-38-36-31/h5-6,9-10,12,14,16-17,22,27H,3-4,7-8,11,13,15,18H2,1-2H3,(H,35,36,37,38)/t22?,27-/m0/s1. The van der Waals surface area contributed by atoms with Crippen molar-refractivity contribution in [2.75, 3.05) is 0 Å². The molecule has 3 heterocycles. The second-order valence-electron chi connectivity index (χ2n) is 11.2. The summed E-state index contributed by atoms with van der Waals surface area (Å²) >= 11 is 0. The minimum atomic E-state index is 0.0985. The molecule has 1 fully saturated rings. The van der Waals surface area contributed by atoms with Gasteiger partial charge in [-0.05, 0) is 83.3 Å². The van der Waals surface area contributed by atoms with E-state index in [0.29, 0.717) is 18.0 Å². The lowest BCUT2D eigenvalue weighted by Crippen LogP contribution is -2.21. The van der Waals surface area contributed by atoms with Gasteiger partial charge in [-0.1, -0.05) is 55.8 Å². The van der Waals surface area contributed by atoms with Crippen LogP contribution in [0.25, 0.3) is 33.7 Å². The Labute approximate surface area is 233 Å². The van der Waals surface area contributed by atoms with E-state index < -0.39 is 0 Å². The van der Waals surface area contributed by atoms with E-state index in [9.17, 15) is 4.79 Å². The lowest BCUT2D eigenvalue weighted by molar-refractivity contribution is -0.124. The van der Waals surface area contributed by atoms with Gasteiger partial charge in [0.2, 0.25) is 0 Å². The summed E-state index contributed by atoms with van der Waals surface area (Å²) in [5.41, 5.74) is 10.0. The lowest BCUT2D eigenvalue weighted by atomic mass is 9.84. The Balaban J connectivity index is 1.27. The number of aryl methyl sites for hydroxylation is 3. The van der Waals surface area contributed by atoms with E-state index in [0.717, 1.165) is 89.9 Å². The topological polar surface area (TPSA) is 102 Å². The summed E-state index contributed by atoms with van der Waals surface area (Å²) in [5, 5.41) is 14.6. The van der Waals surface area contributed by atoms with Crippen LogP contribution in [-0.2, 0) is 24.1 Å². The van der Waals surface area contributed by atoms with E-state index in [-0.39, 0.29) is 12.0 Å². The molecule has 8 nitrogen and oxygen atoms in total. The zero-order chi connectivity index (χ0) is 27.2. The summed E-state index contributed by atoms with van der Waals surface area (Å²) in [4.78, 5) is 22.8. The highest BCUT2D eigenvalue weighted by molar-refractivity contribution is 5.83. The minimum Gasteiger partial charge on any atom is -0.305 e. The number of aromatic nitrogens is 7. The molecule has 0 radical (unpaired) electrons. The van der Waals surface area contributed by atoms with E-state index in [1.807, 2.05) is 12.1 Å². The maximum atomic E-state index is 12.6.